The number of hydrogen-bond acceptors (Lipinski definition) is 1. The summed E-state index contributed by atoms with van der Waals surface area (Å²) < 4.78 is 58.8. The minimum absolute atomic E-state index is 0.389. The maximum atomic E-state index is 12.8. The minimum Gasteiger partial charge on any atom is -0.384 e. The van der Waals surface area contributed by atoms with Crippen LogP contribution in [0.2, 0.25) is 0 Å². The highest BCUT2D eigenvalue weighted by atomic mass is 35.5. The van der Waals surface area contributed by atoms with Gasteiger partial charge in [0.15, 0.2) is 0 Å². The lowest BCUT2D eigenvalue weighted by Gasteiger charge is -2.37. The van der Waals surface area contributed by atoms with Crippen molar-refractivity contribution in [2.24, 2.45) is 0 Å². The van der Waals surface area contributed by atoms with E-state index in [1.807, 2.05) is 0 Å². The molecule has 0 aliphatic rings. The summed E-state index contributed by atoms with van der Waals surface area (Å²) >= 11 is 8.55. The van der Waals surface area contributed by atoms with Gasteiger partial charge in [-0.05, 0) is 13.8 Å². The molecule has 0 saturated heterocycles. The SMILES string of the molecule is CC(C)(O)C(F)(F)C(F)(F)C(F)(Cl)Cl. The van der Waals surface area contributed by atoms with Crippen molar-refractivity contribution in [2.75, 3.05) is 0 Å². The summed E-state index contributed by atoms with van der Waals surface area (Å²) in [5.74, 6) is -10.5. The molecule has 0 heterocycles. The average molecular weight is 261 g/mol. The molecule has 0 aromatic heterocycles. The van der Waals surface area contributed by atoms with Gasteiger partial charge in [0.1, 0.15) is 5.60 Å². The predicted molar refractivity (Wildman–Crippen MR) is 41.7 cm³/mol. The lowest BCUT2D eigenvalue weighted by atomic mass is 9.95. The molecule has 14 heavy (non-hydrogen) atoms. The maximum Gasteiger partial charge on any atom is 0.374 e. The molecule has 86 valence electrons. The molecule has 0 bridgehead atoms. The highest BCUT2D eigenvalue weighted by Crippen LogP contribution is 2.53. The zero-order valence-corrected chi connectivity index (χ0v) is 8.60. The smallest absolute Gasteiger partial charge is 0.374 e. The van der Waals surface area contributed by atoms with Gasteiger partial charge < -0.3 is 5.11 Å². The Morgan fingerprint density at radius 1 is 0.857 bits per heavy atom. The van der Waals surface area contributed by atoms with Gasteiger partial charge in [-0.1, -0.05) is 23.2 Å². The van der Waals surface area contributed by atoms with Crippen LogP contribution in [0.4, 0.5) is 22.0 Å². The van der Waals surface area contributed by atoms with Crippen molar-refractivity contribution >= 4 is 23.2 Å². The lowest BCUT2D eigenvalue weighted by molar-refractivity contribution is -0.297. The predicted octanol–water partition coefficient (Wildman–Crippen LogP) is 3.13. The third kappa shape index (κ3) is 2.06. The van der Waals surface area contributed by atoms with E-state index < -0.39 is 22.0 Å². The maximum absolute atomic E-state index is 12.8. The Kier molecular flexibility index (Phi) is 3.39. The molecule has 0 amide bonds. The first-order valence-corrected chi connectivity index (χ1v) is 4.05. The first kappa shape index (κ1) is 14.2. The molecule has 0 radical (unpaired) electrons. The number of aliphatic hydroxyl groups is 1. The van der Waals surface area contributed by atoms with E-state index in [-0.39, 0.29) is 0 Å². The summed E-state index contributed by atoms with van der Waals surface area (Å²) in [7, 11) is 0. The van der Waals surface area contributed by atoms with E-state index in [1.54, 1.807) is 0 Å². The largest absolute Gasteiger partial charge is 0.384 e. The van der Waals surface area contributed by atoms with Crippen LogP contribution < -0.4 is 0 Å². The third-order valence-electron chi connectivity index (χ3n) is 1.52. The first-order chi connectivity index (χ1) is 5.75. The molecule has 0 rings (SSSR count). The van der Waals surface area contributed by atoms with Crippen molar-refractivity contribution in [2.45, 2.75) is 35.9 Å². The highest BCUT2D eigenvalue weighted by Gasteiger charge is 2.74. The molecule has 0 aliphatic heterocycles. The van der Waals surface area contributed by atoms with Gasteiger partial charge in [-0.2, -0.15) is 17.6 Å². The van der Waals surface area contributed by atoms with Gasteiger partial charge in [0, 0.05) is 0 Å². The van der Waals surface area contributed by atoms with Crippen LogP contribution in [-0.4, -0.2) is 27.1 Å². The Morgan fingerprint density at radius 3 is 1.21 bits per heavy atom. The quantitative estimate of drug-likeness (QED) is 0.611. The van der Waals surface area contributed by atoms with Crippen molar-refractivity contribution in [1.29, 1.82) is 0 Å². The summed E-state index contributed by atoms with van der Waals surface area (Å²) in [6.07, 6.45) is 0. The second-order valence-corrected chi connectivity index (χ2v) is 4.44. The van der Waals surface area contributed by atoms with E-state index in [4.69, 9.17) is 5.11 Å². The second-order valence-electron chi connectivity index (χ2n) is 3.21. The van der Waals surface area contributed by atoms with Crippen molar-refractivity contribution in [3.63, 3.8) is 0 Å². The van der Waals surface area contributed by atoms with E-state index in [0.29, 0.717) is 13.8 Å². The van der Waals surface area contributed by atoms with Crippen molar-refractivity contribution in [3.05, 3.63) is 0 Å². The van der Waals surface area contributed by atoms with Gasteiger partial charge in [0.05, 0.1) is 0 Å². The van der Waals surface area contributed by atoms with Gasteiger partial charge in [0.25, 0.3) is 0 Å². The number of alkyl halides is 7. The molecule has 0 aromatic rings. The van der Waals surface area contributed by atoms with Gasteiger partial charge in [-0.25, -0.2) is 4.39 Å². The molecule has 0 atom stereocenters. The van der Waals surface area contributed by atoms with Gasteiger partial charge >= 0.3 is 16.4 Å². The topological polar surface area (TPSA) is 20.2 Å². The Morgan fingerprint density at radius 2 is 1.14 bits per heavy atom. The third-order valence-corrected chi connectivity index (χ3v) is 1.99. The Hall–Kier alpha value is 0.190. The summed E-state index contributed by atoms with van der Waals surface area (Å²) in [4.78, 5) is 0. The van der Waals surface area contributed by atoms with Crippen LogP contribution in [0.25, 0.3) is 0 Å². The van der Waals surface area contributed by atoms with E-state index in [0.717, 1.165) is 0 Å². The molecular formula is C6H7Cl2F5O. The van der Waals surface area contributed by atoms with Crippen LogP contribution in [0.15, 0.2) is 0 Å². The Bertz CT molecular complexity index is 193. The highest BCUT2D eigenvalue weighted by molar-refractivity contribution is 6.47. The molecular weight excluding hydrogens is 254 g/mol. The van der Waals surface area contributed by atoms with Crippen LogP contribution in [0.3, 0.4) is 0 Å². The molecule has 1 nitrogen and oxygen atoms in total. The van der Waals surface area contributed by atoms with Gasteiger partial charge in [-0.15, -0.1) is 0 Å². The van der Waals surface area contributed by atoms with E-state index in [9.17, 15) is 22.0 Å². The molecule has 8 heteroatoms. The second kappa shape index (κ2) is 3.35. The van der Waals surface area contributed by atoms with Crippen LogP contribution in [0.1, 0.15) is 13.8 Å². The zero-order valence-electron chi connectivity index (χ0n) is 7.09. The van der Waals surface area contributed by atoms with Gasteiger partial charge in [0.2, 0.25) is 0 Å². The Labute approximate surface area is 86.8 Å². The monoisotopic (exact) mass is 260 g/mol. The van der Waals surface area contributed by atoms with E-state index in [1.165, 1.54) is 0 Å². The number of rotatable bonds is 3. The van der Waals surface area contributed by atoms with E-state index in [2.05, 4.69) is 23.2 Å². The molecule has 0 aromatic carbocycles. The van der Waals surface area contributed by atoms with Crippen molar-refractivity contribution in [3.8, 4) is 0 Å². The molecule has 0 spiro atoms. The van der Waals surface area contributed by atoms with Gasteiger partial charge in [-0.3, -0.25) is 0 Å². The van der Waals surface area contributed by atoms with Crippen molar-refractivity contribution < 1.29 is 27.1 Å². The molecule has 0 saturated carbocycles. The molecule has 1 N–H and O–H groups in total. The summed E-state index contributed by atoms with van der Waals surface area (Å²) in [5, 5.41) is 8.73. The van der Waals surface area contributed by atoms with Crippen LogP contribution in [-0.2, 0) is 0 Å². The fourth-order valence-electron chi connectivity index (χ4n) is 0.562. The Balaban J connectivity index is 5.30. The fraction of sp³-hybridized carbons (Fsp3) is 1.00. The summed E-state index contributed by atoms with van der Waals surface area (Å²) in [6, 6.07) is 0. The zero-order chi connectivity index (χ0) is 12.0. The van der Waals surface area contributed by atoms with Crippen LogP contribution >= 0.6 is 23.2 Å². The molecule has 0 unspecified atom stereocenters. The summed E-state index contributed by atoms with van der Waals surface area (Å²) in [6.45, 7) is 0.779. The molecule has 0 fully saturated rings. The fourth-order valence-corrected chi connectivity index (χ4v) is 0.800. The van der Waals surface area contributed by atoms with Crippen LogP contribution in [0, 0.1) is 0 Å². The standard InChI is InChI=1S/C6H7Cl2F5O/c1-3(2,14)4(9,10)5(11,12)6(7,8)13/h14H,1-2H3. The number of halogens is 7. The van der Waals surface area contributed by atoms with Crippen molar-refractivity contribution in [1.82, 2.24) is 0 Å². The minimum atomic E-state index is -5.40. The average Bonchev–Trinajstić information content (AvgIpc) is 1.81. The van der Waals surface area contributed by atoms with Crippen LogP contribution in [0.5, 0.6) is 0 Å². The first-order valence-electron chi connectivity index (χ1n) is 3.30. The normalized spacial score (nSPS) is 15.9. The number of hydrogen-bond donors (Lipinski definition) is 1. The summed E-state index contributed by atoms with van der Waals surface area (Å²) in [5.41, 5.74) is -3.16. The lowest BCUT2D eigenvalue weighted by Crippen LogP contribution is -2.61. The molecule has 0 aliphatic carbocycles. The van der Waals surface area contributed by atoms with E-state index >= 15 is 0 Å².